The Morgan fingerprint density at radius 2 is 2.20 bits per heavy atom. The molecule has 1 amide bonds. The molecule has 110 valence electrons. The third-order valence-corrected chi connectivity index (χ3v) is 4.51. The Morgan fingerprint density at radius 3 is 2.75 bits per heavy atom. The number of carbonyl (C=O) groups is 1. The van der Waals surface area contributed by atoms with E-state index in [9.17, 15) is 4.79 Å². The van der Waals surface area contributed by atoms with Gasteiger partial charge in [-0.25, -0.2) is 5.84 Å². The summed E-state index contributed by atoms with van der Waals surface area (Å²) in [6.07, 6.45) is 9.65. The molecule has 4 N–H and O–H groups in total. The Labute approximate surface area is 121 Å². The van der Waals surface area contributed by atoms with Crippen LogP contribution in [0, 0.1) is 5.92 Å². The van der Waals surface area contributed by atoms with Crippen molar-refractivity contribution in [3.05, 3.63) is 36.0 Å². The predicted molar refractivity (Wildman–Crippen MR) is 81.4 cm³/mol. The number of nitrogens with two attached hydrogens (primary N) is 2. The van der Waals surface area contributed by atoms with Crippen LogP contribution in [0.5, 0.6) is 0 Å². The monoisotopic (exact) mass is 275 g/mol. The van der Waals surface area contributed by atoms with E-state index < -0.39 is 11.6 Å². The summed E-state index contributed by atoms with van der Waals surface area (Å²) in [6.45, 7) is 8.05. The van der Waals surface area contributed by atoms with Crippen molar-refractivity contribution in [2.45, 2.75) is 51.1 Å². The van der Waals surface area contributed by atoms with Crippen molar-refractivity contribution in [1.82, 2.24) is 5.01 Å². The first-order valence-electron chi connectivity index (χ1n) is 7.27. The van der Waals surface area contributed by atoms with Crippen molar-refractivity contribution in [3.8, 4) is 0 Å². The van der Waals surface area contributed by atoms with Crippen molar-refractivity contribution in [2.24, 2.45) is 17.5 Å². The highest BCUT2D eigenvalue weighted by Crippen LogP contribution is 2.42. The van der Waals surface area contributed by atoms with Gasteiger partial charge in [0, 0.05) is 0 Å². The fourth-order valence-corrected chi connectivity index (χ4v) is 2.85. The van der Waals surface area contributed by atoms with E-state index in [2.05, 4.69) is 6.58 Å². The van der Waals surface area contributed by atoms with E-state index in [1.54, 1.807) is 0 Å². The predicted octanol–water partition coefficient (Wildman–Crippen LogP) is 2.04. The summed E-state index contributed by atoms with van der Waals surface area (Å²) in [7, 11) is 0. The molecule has 2 saturated carbocycles. The highest BCUT2D eigenvalue weighted by molar-refractivity contribution is 5.83. The second-order valence-electron chi connectivity index (χ2n) is 6.05. The van der Waals surface area contributed by atoms with Gasteiger partial charge in [-0.2, -0.15) is 0 Å². The van der Waals surface area contributed by atoms with Gasteiger partial charge in [-0.05, 0) is 56.6 Å². The number of allylic oxidation sites excluding steroid dienone is 3. The lowest BCUT2D eigenvalue weighted by atomic mass is 9.91. The summed E-state index contributed by atoms with van der Waals surface area (Å²) >= 11 is 0. The third kappa shape index (κ3) is 2.58. The Kier molecular flexibility index (Phi) is 4.16. The van der Waals surface area contributed by atoms with E-state index in [1.165, 1.54) is 5.01 Å². The molecule has 0 bridgehead atoms. The Hall–Kier alpha value is -1.39. The van der Waals surface area contributed by atoms with Crippen molar-refractivity contribution in [1.29, 1.82) is 0 Å². The van der Waals surface area contributed by atoms with Gasteiger partial charge in [-0.1, -0.05) is 24.8 Å². The van der Waals surface area contributed by atoms with E-state index in [0.29, 0.717) is 5.92 Å². The van der Waals surface area contributed by atoms with Crippen LogP contribution >= 0.6 is 0 Å². The molecule has 0 radical (unpaired) electrons. The fraction of sp³-hybridized carbons (Fsp3) is 0.562. The molecule has 4 heteroatoms. The molecule has 2 unspecified atom stereocenters. The first-order chi connectivity index (χ1) is 9.41. The van der Waals surface area contributed by atoms with Gasteiger partial charge in [-0.3, -0.25) is 9.80 Å². The highest BCUT2D eigenvalue weighted by atomic mass is 16.2. The van der Waals surface area contributed by atoms with Crippen molar-refractivity contribution in [3.63, 3.8) is 0 Å². The minimum absolute atomic E-state index is 0.156. The zero-order valence-corrected chi connectivity index (χ0v) is 12.4. The van der Waals surface area contributed by atoms with Gasteiger partial charge in [0.15, 0.2) is 0 Å². The molecule has 2 aliphatic carbocycles. The van der Waals surface area contributed by atoms with Gasteiger partial charge >= 0.3 is 0 Å². The molecular formula is C16H25N3O. The van der Waals surface area contributed by atoms with Crippen LogP contribution in [0.3, 0.4) is 0 Å². The molecule has 0 spiro atoms. The average molecular weight is 275 g/mol. The normalized spacial score (nSPS) is 30.2. The highest BCUT2D eigenvalue weighted by Gasteiger charge is 2.45. The van der Waals surface area contributed by atoms with Crippen LogP contribution < -0.4 is 11.6 Å². The van der Waals surface area contributed by atoms with Crippen LogP contribution in [-0.4, -0.2) is 22.5 Å². The number of hydrogen-bond acceptors (Lipinski definition) is 3. The summed E-state index contributed by atoms with van der Waals surface area (Å²) in [5.74, 6) is 6.30. The molecule has 0 heterocycles. The molecule has 0 aromatic heterocycles. The van der Waals surface area contributed by atoms with Gasteiger partial charge in [0.25, 0.3) is 5.91 Å². The Morgan fingerprint density at radius 1 is 1.55 bits per heavy atom. The molecule has 20 heavy (non-hydrogen) atoms. The van der Waals surface area contributed by atoms with E-state index in [0.717, 1.165) is 36.8 Å². The van der Waals surface area contributed by atoms with Crippen LogP contribution in [0.2, 0.25) is 0 Å². The number of nitrogens with zero attached hydrogens (tertiary/aromatic N) is 1. The molecule has 2 fully saturated rings. The molecule has 0 saturated heterocycles. The Balaban J connectivity index is 2.23. The standard InChI is InChI=1S/C16H25N3O/c1-4-5-6-13-11(2)9-10-16(13,3)19(18)15(20)14(17)12-7-8-12/h4-6,12,14H,2,7-10,17-18H2,1,3H3/b5-4-,13-6+. The minimum Gasteiger partial charge on any atom is -0.320 e. The maximum absolute atomic E-state index is 12.4. The summed E-state index contributed by atoms with van der Waals surface area (Å²) in [5.41, 5.74) is 7.59. The van der Waals surface area contributed by atoms with Gasteiger partial charge in [-0.15, -0.1) is 0 Å². The summed E-state index contributed by atoms with van der Waals surface area (Å²) in [4.78, 5) is 12.4. The quantitative estimate of drug-likeness (QED) is 0.468. The summed E-state index contributed by atoms with van der Waals surface area (Å²) < 4.78 is 0. The summed E-state index contributed by atoms with van der Waals surface area (Å²) in [5, 5.41) is 1.35. The van der Waals surface area contributed by atoms with Gasteiger partial charge in [0.2, 0.25) is 0 Å². The van der Waals surface area contributed by atoms with Gasteiger partial charge in [0.1, 0.15) is 0 Å². The van der Waals surface area contributed by atoms with Crippen LogP contribution in [-0.2, 0) is 4.79 Å². The smallest absolute Gasteiger partial charge is 0.254 e. The van der Waals surface area contributed by atoms with Crippen molar-refractivity contribution >= 4 is 5.91 Å². The van der Waals surface area contributed by atoms with E-state index in [4.69, 9.17) is 11.6 Å². The van der Waals surface area contributed by atoms with Crippen LogP contribution in [0.15, 0.2) is 36.0 Å². The van der Waals surface area contributed by atoms with Crippen LogP contribution in [0.1, 0.15) is 39.5 Å². The molecule has 2 rings (SSSR count). The summed E-state index contributed by atoms with van der Waals surface area (Å²) in [6, 6.07) is -0.464. The first kappa shape index (κ1) is 15.0. The van der Waals surface area contributed by atoms with E-state index in [1.807, 2.05) is 32.1 Å². The third-order valence-electron chi connectivity index (χ3n) is 4.51. The molecule has 0 aromatic rings. The van der Waals surface area contributed by atoms with Crippen molar-refractivity contribution in [2.75, 3.05) is 0 Å². The van der Waals surface area contributed by atoms with Gasteiger partial charge in [0.05, 0.1) is 11.6 Å². The SMILES string of the molecule is C=C1CCC(C)(N(N)C(=O)C(N)C2CC2)/C1=C/C=C\C. The van der Waals surface area contributed by atoms with E-state index >= 15 is 0 Å². The van der Waals surface area contributed by atoms with Crippen LogP contribution in [0.25, 0.3) is 0 Å². The lowest BCUT2D eigenvalue weighted by Gasteiger charge is -2.37. The lowest BCUT2D eigenvalue weighted by Crippen LogP contribution is -2.58. The number of hydrogen-bond donors (Lipinski definition) is 2. The maximum atomic E-state index is 12.4. The van der Waals surface area contributed by atoms with Crippen molar-refractivity contribution < 1.29 is 4.79 Å². The molecule has 0 aromatic carbocycles. The topological polar surface area (TPSA) is 72.3 Å². The largest absolute Gasteiger partial charge is 0.320 e. The lowest BCUT2D eigenvalue weighted by molar-refractivity contribution is -0.138. The number of carbonyl (C=O) groups excluding carboxylic acids is 1. The zero-order chi connectivity index (χ0) is 14.9. The van der Waals surface area contributed by atoms with Gasteiger partial charge < -0.3 is 5.73 Å². The molecule has 4 nitrogen and oxygen atoms in total. The minimum atomic E-state index is -0.500. The molecule has 2 aliphatic rings. The zero-order valence-electron chi connectivity index (χ0n) is 12.4. The average Bonchev–Trinajstić information content (AvgIpc) is 3.23. The first-order valence-corrected chi connectivity index (χ1v) is 7.27. The molecular weight excluding hydrogens is 250 g/mol. The second kappa shape index (κ2) is 5.54. The Bertz CT molecular complexity index is 476. The number of amides is 1. The number of rotatable bonds is 4. The number of hydrazine groups is 1. The van der Waals surface area contributed by atoms with Crippen LogP contribution in [0.4, 0.5) is 0 Å². The van der Waals surface area contributed by atoms with E-state index in [-0.39, 0.29) is 5.91 Å². The fourth-order valence-electron chi connectivity index (χ4n) is 2.85. The molecule has 2 atom stereocenters. The maximum Gasteiger partial charge on any atom is 0.254 e. The second-order valence-corrected chi connectivity index (χ2v) is 6.05. The molecule has 0 aliphatic heterocycles.